The van der Waals surface area contributed by atoms with Gasteiger partial charge in [-0.05, 0) is 50.5 Å². The fraction of sp³-hybridized carbons (Fsp3) is 0.375. The fourth-order valence-electron chi connectivity index (χ4n) is 2.30. The molecule has 1 amide bonds. The Balaban J connectivity index is 2.30. The topological polar surface area (TPSA) is 97.1 Å². The summed E-state index contributed by atoms with van der Waals surface area (Å²) in [5, 5.41) is 19.5. The van der Waals surface area contributed by atoms with Gasteiger partial charge < -0.3 is 10.4 Å². The van der Waals surface area contributed by atoms with Crippen LogP contribution in [0.2, 0.25) is 0 Å². The number of hydrogen-bond acceptors (Lipinski definition) is 4. The van der Waals surface area contributed by atoms with Crippen molar-refractivity contribution in [1.82, 2.24) is 20.3 Å². The molecule has 8 heteroatoms. The summed E-state index contributed by atoms with van der Waals surface area (Å²) >= 11 is 0. The van der Waals surface area contributed by atoms with Gasteiger partial charge in [0.2, 0.25) is 0 Å². The zero-order valence-corrected chi connectivity index (χ0v) is 13.3. The average molecular weight is 334 g/mol. The standard InChI is InChI=1S/C16H19FN4O3/c1-2-18-15(22)11-6-8-12(9-7-11)21-13(5-3-4-10-17)14(16(23)24)19-20-21/h6-9H,2-5,10H2,1H3,(H,18,22)(H,23,24). The van der Waals surface area contributed by atoms with Crippen LogP contribution in [0.15, 0.2) is 24.3 Å². The molecule has 2 N–H and O–H groups in total. The maximum absolute atomic E-state index is 12.3. The van der Waals surface area contributed by atoms with Crippen molar-refractivity contribution in [3.05, 3.63) is 41.2 Å². The van der Waals surface area contributed by atoms with E-state index in [1.165, 1.54) is 4.68 Å². The number of aromatic carboxylic acids is 1. The Morgan fingerprint density at radius 2 is 1.96 bits per heavy atom. The van der Waals surface area contributed by atoms with E-state index in [0.717, 1.165) is 0 Å². The van der Waals surface area contributed by atoms with E-state index in [1.54, 1.807) is 24.3 Å². The van der Waals surface area contributed by atoms with E-state index in [1.807, 2.05) is 6.92 Å². The minimum Gasteiger partial charge on any atom is -0.476 e. The Bertz CT molecular complexity index is 713. The molecule has 0 spiro atoms. The number of alkyl halides is 1. The largest absolute Gasteiger partial charge is 0.476 e. The van der Waals surface area contributed by atoms with Crippen LogP contribution in [0.25, 0.3) is 5.69 Å². The summed E-state index contributed by atoms with van der Waals surface area (Å²) in [4.78, 5) is 23.0. The van der Waals surface area contributed by atoms with Crippen molar-refractivity contribution in [3.8, 4) is 5.69 Å². The minimum atomic E-state index is -1.17. The Morgan fingerprint density at radius 3 is 2.54 bits per heavy atom. The third-order valence-corrected chi connectivity index (χ3v) is 3.47. The number of nitrogens with one attached hydrogen (secondary N) is 1. The first kappa shape index (κ1) is 17.6. The second kappa shape index (κ2) is 8.19. The maximum atomic E-state index is 12.3. The molecule has 128 valence electrons. The van der Waals surface area contributed by atoms with Gasteiger partial charge in [0.1, 0.15) is 0 Å². The summed E-state index contributed by atoms with van der Waals surface area (Å²) in [5.74, 6) is -1.35. The summed E-state index contributed by atoms with van der Waals surface area (Å²) in [7, 11) is 0. The Hall–Kier alpha value is -2.77. The van der Waals surface area contributed by atoms with Gasteiger partial charge in [0.15, 0.2) is 5.69 Å². The van der Waals surface area contributed by atoms with Crippen LogP contribution < -0.4 is 5.32 Å². The molecule has 0 radical (unpaired) electrons. The molecule has 2 rings (SSSR count). The molecule has 0 fully saturated rings. The summed E-state index contributed by atoms with van der Waals surface area (Å²) in [6.45, 7) is 1.91. The van der Waals surface area contributed by atoms with E-state index in [0.29, 0.717) is 42.8 Å². The SMILES string of the molecule is CCNC(=O)c1ccc(-n2nnc(C(=O)O)c2CCCCF)cc1. The van der Waals surface area contributed by atoms with Crippen molar-refractivity contribution in [3.63, 3.8) is 0 Å². The van der Waals surface area contributed by atoms with Gasteiger partial charge in [-0.1, -0.05) is 5.21 Å². The van der Waals surface area contributed by atoms with Crippen molar-refractivity contribution in [1.29, 1.82) is 0 Å². The van der Waals surface area contributed by atoms with E-state index >= 15 is 0 Å². The van der Waals surface area contributed by atoms with Crippen LogP contribution >= 0.6 is 0 Å². The van der Waals surface area contributed by atoms with Crippen LogP contribution in [0.3, 0.4) is 0 Å². The van der Waals surface area contributed by atoms with Gasteiger partial charge in [0.25, 0.3) is 5.91 Å². The van der Waals surface area contributed by atoms with Crippen molar-refractivity contribution in [2.75, 3.05) is 13.2 Å². The maximum Gasteiger partial charge on any atom is 0.358 e. The molecule has 0 bridgehead atoms. The summed E-state index contributed by atoms with van der Waals surface area (Å²) in [6, 6.07) is 6.61. The molecule has 1 heterocycles. The van der Waals surface area contributed by atoms with E-state index in [-0.39, 0.29) is 11.6 Å². The molecule has 0 aliphatic rings. The highest BCUT2D eigenvalue weighted by atomic mass is 19.1. The zero-order valence-electron chi connectivity index (χ0n) is 13.3. The number of carbonyl (C=O) groups is 2. The number of unbranched alkanes of at least 4 members (excludes halogenated alkanes) is 1. The van der Waals surface area contributed by atoms with Gasteiger partial charge in [0, 0.05) is 12.1 Å². The van der Waals surface area contributed by atoms with Gasteiger partial charge in [-0.25, -0.2) is 9.48 Å². The first-order valence-electron chi connectivity index (χ1n) is 7.71. The van der Waals surface area contributed by atoms with E-state index in [9.17, 15) is 19.1 Å². The second-order valence-electron chi connectivity index (χ2n) is 5.15. The molecule has 0 unspecified atom stereocenters. The van der Waals surface area contributed by atoms with Gasteiger partial charge in [-0.3, -0.25) is 9.18 Å². The average Bonchev–Trinajstić information content (AvgIpc) is 2.99. The number of nitrogens with zero attached hydrogens (tertiary/aromatic N) is 3. The quantitative estimate of drug-likeness (QED) is 0.720. The molecule has 0 aliphatic heterocycles. The summed E-state index contributed by atoms with van der Waals surface area (Å²) in [6.07, 6.45) is 1.21. The molecule has 0 saturated heterocycles. The van der Waals surface area contributed by atoms with Crippen LogP contribution in [-0.4, -0.2) is 45.2 Å². The molecule has 7 nitrogen and oxygen atoms in total. The van der Waals surface area contributed by atoms with E-state index < -0.39 is 12.6 Å². The number of carboxylic acid groups (broad SMARTS) is 1. The number of halogens is 1. The van der Waals surface area contributed by atoms with E-state index in [2.05, 4.69) is 15.6 Å². The van der Waals surface area contributed by atoms with Gasteiger partial charge in [0.05, 0.1) is 18.1 Å². The van der Waals surface area contributed by atoms with Gasteiger partial charge in [-0.2, -0.15) is 0 Å². The van der Waals surface area contributed by atoms with Gasteiger partial charge >= 0.3 is 5.97 Å². The molecule has 0 atom stereocenters. The van der Waals surface area contributed by atoms with Crippen LogP contribution in [0.4, 0.5) is 4.39 Å². The number of aromatic nitrogens is 3. The normalized spacial score (nSPS) is 10.6. The Kier molecular flexibility index (Phi) is 6.00. The van der Waals surface area contributed by atoms with Crippen LogP contribution in [0, 0.1) is 0 Å². The van der Waals surface area contributed by atoms with Crippen molar-refractivity contribution in [2.45, 2.75) is 26.2 Å². The number of benzene rings is 1. The monoisotopic (exact) mass is 334 g/mol. The third-order valence-electron chi connectivity index (χ3n) is 3.47. The first-order valence-corrected chi connectivity index (χ1v) is 7.71. The molecular formula is C16H19FN4O3. The first-order chi connectivity index (χ1) is 11.6. The number of amides is 1. The van der Waals surface area contributed by atoms with Crippen molar-refractivity contribution < 1.29 is 19.1 Å². The third kappa shape index (κ3) is 3.95. The number of carboxylic acids is 1. The zero-order chi connectivity index (χ0) is 17.5. The predicted octanol–water partition coefficient (Wildman–Crippen LogP) is 2.01. The number of hydrogen-bond donors (Lipinski definition) is 2. The smallest absolute Gasteiger partial charge is 0.358 e. The fourth-order valence-corrected chi connectivity index (χ4v) is 2.30. The van der Waals surface area contributed by atoms with Crippen LogP contribution in [-0.2, 0) is 6.42 Å². The lowest BCUT2D eigenvalue weighted by Crippen LogP contribution is -2.22. The van der Waals surface area contributed by atoms with Gasteiger partial charge in [-0.15, -0.1) is 5.10 Å². The number of rotatable bonds is 8. The highest BCUT2D eigenvalue weighted by Crippen LogP contribution is 2.16. The molecular weight excluding hydrogens is 315 g/mol. The lowest BCUT2D eigenvalue weighted by molar-refractivity contribution is 0.0688. The molecule has 0 aliphatic carbocycles. The highest BCUT2D eigenvalue weighted by molar-refractivity contribution is 5.94. The lowest BCUT2D eigenvalue weighted by Gasteiger charge is -2.08. The summed E-state index contributed by atoms with van der Waals surface area (Å²) < 4.78 is 13.7. The molecule has 1 aromatic heterocycles. The van der Waals surface area contributed by atoms with Crippen molar-refractivity contribution >= 4 is 11.9 Å². The van der Waals surface area contributed by atoms with Crippen LogP contribution in [0.1, 0.15) is 46.3 Å². The molecule has 2 aromatic rings. The summed E-state index contributed by atoms with van der Waals surface area (Å²) in [5.41, 5.74) is 1.37. The predicted molar refractivity (Wildman–Crippen MR) is 85.2 cm³/mol. The number of carbonyl (C=O) groups excluding carboxylic acids is 1. The highest BCUT2D eigenvalue weighted by Gasteiger charge is 2.19. The second-order valence-corrected chi connectivity index (χ2v) is 5.15. The molecule has 0 saturated carbocycles. The van der Waals surface area contributed by atoms with Crippen LogP contribution in [0.5, 0.6) is 0 Å². The molecule has 1 aromatic carbocycles. The van der Waals surface area contributed by atoms with Crippen molar-refractivity contribution in [2.24, 2.45) is 0 Å². The Morgan fingerprint density at radius 1 is 1.25 bits per heavy atom. The lowest BCUT2D eigenvalue weighted by atomic mass is 10.1. The molecule has 24 heavy (non-hydrogen) atoms. The Labute approximate surface area is 138 Å². The minimum absolute atomic E-state index is 0.137. The van der Waals surface area contributed by atoms with E-state index in [4.69, 9.17) is 0 Å².